The molecule has 0 saturated heterocycles. The molecule has 0 aromatic heterocycles. The molecule has 0 fully saturated rings. The molecule has 0 atom stereocenters. The van der Waals surface area contributed by atoms with Crippen LogP contribution in [-0.4, -0.2) is 25.2 Å². The number of carbonyl (C=O) groups is 2. The van der Waals surface area contributed by atoms with E-state index in [0.717, 1.165) is 0 Å². The Hall–Kier alpha value is -1.06. The zero-order valence-electron chi connectivity index (χ0n) is 16.7. The highest BCUT2D eigenvalue weighted by atomic mass is 16.6. The Kier molecular flexibility index (Phi) is 7.32. The summed E-state index contributed by atoms with van der Waals surface area (Å²) in [6, 6.07) is 0. The molecule has 136 valence electrons. The predicted octanol–water partition coefficient (Wildman–Crippen LogP) is 4.46. The third kappa shape index (κ3) is 6.15. The third-order valence-corrected chi connectivity index (χ3v) is 3.77. The largest absolute Gasteiger partial charge is 0.464 e. The molecular weight excluding hydrogens is 292 g/mol. The van der Waals surface area contributed by atoms with Gasteiger partial charge >= 0.3 is 11.9 Å². The van der Waals surface area contributed by atoms with Crippen molar-refractivity contribution in [1.82, 2.24) is 0 Å². The van der Waals surface area contributed by atoms with Crippen LogP contribution in [0.1, 0.15) is 69.2 Å². The lowest BCUT2D eigenvalue weighted by atomic mass is 9.68. The zero-order chi connectivity index (χ0) is 18.6. The molecule has 0 aliphatic heterocycles. The molecule has 0 aromatic carbocycles. The van der Waals surface area contributed by atoms with Gasteiger partial charge in [0.25, 0.3) is 0 Å². The van der Waals surface area contributed by atoms with E-state index in [9.17, 15) is 9.59 Å². The van der Waals surface area contributed by atoms with Crippen molar-refractivity contribution < 1.29 is 19.1 Å². The highest BCUT2D eigenvalue weighted by molar-refractivity contribution is 6.00. The van der Waals surface area contributed by atoms with E-state index >= 15 is 0 Å². The van der Waals surface area contributed by atoms with E-state index in [0.29, 0.717) is 0 Å². The second-order valence-electron chi connectivity index (χ2n) is 9.45. The highest BCUT2D eigenvalue weighted by Crippen LogP contribution is 2.39. The Morgan fingerprint density at radius 1 is 0.696 bits per heavy atom. The van der Waals surface area contributed by atoms with E-state index in [1.54, 1.807) is 0 Å². The van der Waals surface area contributed by atoms with Crippen molar-refractivity contribution in [2.75, 3.05) is 13.2 Å². The van der Waals surface area contributed by atoms with Crippen molar-refractivity contribution in [3.8, 4) is 0 Å². The zero-order valence-corrected chi connectivity index (χ0v) is 16.7. The topological polar surface area (TPSA) is 52.6 Å². The summed E-state index contributed by atoms with van der Waals surface area (Å²) >= 11 is 0. The molecule has 0 unspecified atom stereocenters. The van der Waals surface area contributed by atoms with Crippen molar-refractivity contribution in [3.63, 3.8) is 0 Å². The lowest BCUT2D eigenvalue weighted by Crippen LogP contribution is -2.51. The van der Waals surface area contributed by atoms with E-state index in [1.165, 1.54) is 0 Å². The Balaban J connectivity index is 5.48. The maximum Gasteiger partial charge on any atom is 0.324 e. The fourth-order valence-electron chi connectivity index (χ4n) is 2.50. The summed E-state index contributed by atoms with van der Waals surface area (Å²) in [5, 5.41) is 0. The van der Waals surface area contributed by atoms with Crippen molar-refractivity contribution in [3.05, 3.63) is 0 Å². The van der Waals surface area contributed by atoms with E-state index < -0.39 is 17.4 Å². The molecule has 0 amide bonds. The first-order valence-corrected chi connectivity index (χ1v) is 8.49. The first kappa shape index (κ1) is 21.9. The molecule has 0 radical (unpaired) electrons. The van der Waals surface area contributed by atoms with E-state index in [2.05, 4.69) is 0 Å². The minimum Gasteiger partial charge on any atom is -0.464 e. The first-order chi connectivity index (χ1) is 10.1. The van der Waals surface area contributed by atoms with Gasteiger partial charge in [-0.1, -0.05) is 69.2 Å². The lowest BCUT2D eigenvalue weighted by Gasteiger charge is -2.37. The summed E-state index contributed by atoms with van der Waals surface area (Å²) < 4.78 is 11.0. The fraction of sp³-hybridized carbons (Fsp3) is 0.895. The monoisotopic (exact) mass is 328 g/mol. The molecule has 0 aliphatic carbocycles. The van der Waals surface area contributed by atoms with Crippen LogP contribution in [0.15, 0.2) is 0 Å². The van der Waals surface area contributed by atoms with Gasteiger partial charge in [0, 0.05) is 0 Å². The van der Waals surface area contributed by atoms with Gasteiger partial charge in [-0.05, 0) is 22.7 Å². The standard InChI is InChI=1S/C19H36O4/c1-13(2)19(14(3)4,15(20)22-11-17(5,6)7)16(21)23-12-18(8,9)10/h13-14H,11-12H2,1-10H3. The number of hydrogen-bond donors (Lipinski definition) is 0. The summed E-state index contributed by atoms with van der Waals surface area (Å²) in [6.07, 6.45) is 0. The van der Waals surface area contributed by atoms with Crippen molar-refractivity contribution in [2.24, 2.45) is 28.1 Å². The number of rotatable bonds is 6. The van der Waals surface area contributed by atoms with Gasteiger partial charge < -0.3 is 9.47 Å². The Bertz CT molecular complexity index is 368. The fourth-order valence-corrected chi connectivity index (χ4v) is 2.50. The van der Waals surface area contributed by atoms with Gasteiger partial charge in [0.2, 0.25) is 0 Å². The van der Waals surface area contributed by atoms with Crippen LogP contribution >= 0.6 is 0 Å². The van der Waals surface area contributed by atoms with Crippen molar-refractivity contribution >= 4 is 11.9 Å². The van der Waals surface area contributed by atoms with Crippen LogP contribution in [0.2, 0.25) is 0 Å². The van der Waals surface area contributed by atoms with E-state index in [-0.39, 0.29) is 35.9 Å². The molecule has 0 N–H and O–H groups in total. The van der Waals surface area contributed by atoms with Crippen molar-refractivity contribution in [2.45, 2.75) is 69.2 Å². The summed E-state index contributed by atoms with van der Waals surface area (Å²) in [4.78, 5) is 25.7. The maximum atomic E-state index is 12.8. The molecule has 0 bridgehead atoms. The molecule has 4 nitrogen and oxygen atoms in total. The summed E-state index contributed by atoms with van der Waals surface area (Å²) in [5.41, 5.74) is -1.56. The smallest absolute Gasteiger partial charge is 0.324 e. The van der Waals surface area contributed by atoms with Gasteiger partial charge in [-0.15, -0.1) is 0 Å². The molecular formula is C19H36O4. The van der Waals surface area contributed by atoms with Gasteiger partial charge in [-0.3, -0.25) is 9.59 Å². The van der Waals surface area contributed by atoms with Crippen molar-refractivity contribution in [1.29, 1.82) is 0 Å². The molecule has 0 spiro atoms. The van der Waals surface area contributed by atoms with E-state index in [4.69, 9.17) is 9.47 Å². The normalized spacial score (nSPS) is 13.4. The minimum atomic E-state index is -1.27. The van der Waals surface area contributed by atoms with Crippen LogP contribution in [0.5, 0.6) is 0 Å². The second kappa shape index (κ2) is 7.67. The Labute approximate surface area is 142 Å². The van der Waals surface area contributed by atoms with Crippen LogP contribution in [0, 0.1) is 28.1 Å². The highest BCUT2D eigenvalue weighted by Gasteiger charge is 2.54. The van der Waals surface area contributed by atoms with Gasteiger partial charge in [0.1, 0.15) is 0 Å². The molecule has 4 heteroatoms. The average Bonchev–Trinajstić information content (AvgIpc) is 2.32. The van der Waals surface area contributed by atoms with Gasteiger partial charge in [-0.2, -0.15) is 0 Å². The molecule has 23 heavy (non-hydrogen) atoms. The quantitative estimate of drug-likeness (QED) is 0.533. The SMILES string of the molecule is CC(C)C(C(=O)OCC(C)(C)C)(C(=O)OCC(C)(C)C)C(C)C. The van der Waals surface area contributed by atoms with Gasteiger partial charge in [-0.25, -0.2) is 0 Å². The molecule has 0 rings (SSSR count). The van der Waals surface area contributed by atoms with Crippen LogP contribution < -0.4 is 0 Å². The minimum absolute atomic E-state index is 0.148. The molecule has 0 saturated carbocycles. The second-order valence-corrected chi connectivity index (χ2v) is 9.45. The molecule has 0 aromatic rings. The summed E-state index contributed by atoms with van der Waals surface area (Å²) in [5.74, 6) is -1.36. The number of ether oxygens (including phenoxy) is 2. The molecule has 0 aliphatic rings. The number of esters is 2. The number of carbonyl (C=O) groups excluding carboxylic acids is 2. The molecule has 0 heterocycles. The van der Waals surface area contributed by atoms with Crippen LogP contribution in [0.25, 0.3) is 0 Å². The van der Waals surface area contributed by atoms with E-state index in [1.807, 2.05) is 69.2 Å². The number of hydrogen-bond acceptors (Lipinski definition) is 4. The Morgan fingerprint density at radius 3 is 1.13 bits per heavy atom. The predicted molar refractivity (Wildman–Crippen MR) is 92.9 cm³/mol. The third-order valence-electron chi connectivity index (χ3n) is 3.77. The average molecular weight is 328 g/mol. The Morgan fingerprint density at radius 2 is 0.957 bits per heavy atom. The van der Waals surface area contributed by atoms with Crippen LogP contribution in [-0.2, 0) is 19.1 Å². The van der Waals surface area contributed by atoms with Crippen LogP contribution in [0.3, 0.4) is 0 Å². The first-order valence-electron chi connectivity index (χ1n) is 8.49. The van der Waals surface area contributed by atoms with Crippen LogP contribution in [0.4, 0.5) is 0 Å². The summed E-state index contributed by atoms with van der Waals surface area (Å²) in [6.45, 7) is 20.0. The lowest BCUT2D eigenvalue weighted by molar-refractivity contribution is -0.184. The maximum absolute atomic E-state index is 12.8. The summed E-state index contributed by atoms with van der Waals surface area (Å²) in [7, 11) is 0. The van der Waals surface area contributed by atoms with Gasteiger partial charge in [0.05, 0.1) is 13.2 Å². The van der Waals surface area contributed by atoms with Gasteiger partial charge in [0.15, 0.2) is 5.41 Å².